The second kappa shape index (κ2) is 8.01. The molecule has 1 aromatic rings. The molecule has 1 N–H and O–H groups in total. The highest BCUT2D eigenvalue weighted by Crippen LogP contribution is 2.27. The number of benzene rings is 1. The van der Waals surface area contributed by atoms with Crippen LogP contribution in [-0.4, -0.2) is 25.7 Å². The summed E-state index contributed by atoms with van der Waals surface area (Å²) < 4.78 is 0. The second-order valence-electron chi connectivity index (χ2n) is 7.39. The predicted octanol–water partition coefficient (Wildman–Crippen LogP) is 4.46. The monoisotopic (exact) mass is 300 g/mol. The van der Waals surface area contributed by atoms with Crippen molar-refractivity contribution in [1.29, 1.82) is 0 Å². The zero-order chi connectivity index (χ0) is 15.2. The Labute approximate surface area is 136 Å². The van der Waals surface area contributed by atoms with E-state index in [0.717, 1.165) is 11.8 Å². The van der Waals surface area contributed by atoms with Gasteiger partial charge < -0.3 is 10.2 Å². The number of rotatable bonds is 6. The van der Waals surface area contributed by atoms with Crippen LogP contribution in [0.25, 0.3) is 0 Å². The highest BCUT2D eigenvalue weighted by atomic mass is 15.2. The number of para-hydroxylation sites is 1. The van der Waals surface area contributed by atoms with Gasteiger partial charge in [0, 0.05) is 24.8 Å². The van der Waals surface area contributed by atoms with E-state index in [9.17, 15) is 0 Å². The molecule has 1 aliphatic heterocycles. The van der Waals surface area contributed by atoms with E-state index in [-0.39, 0.29) is 0 Å². The Balaban J connectivity index is 1.59. The van der Waals surface area contributed by atoms with E-state index in [1.54, 1.807) is 0 Å². The third-order valence-electron chi connectivity index (χ3n) is 5.53. The van der Waals surface area contributed by atoms with Crippen LogP contribution in [0.1, 0.15) is 51.9 Å². The largest absolute Gasteiger partial charge is 0.370 e. The third-order valence-corrected chi connectivity index (χ3v) is 5.53. The second-order valence-corrected chi connectivity index (χ2v) is 7.39. The summed E-state index contributed by atoms with van der Waals surface area (Å²) in [6.07, 6.45) is 9.83. The molecule has 2 fully saturated rings. The van der Waals surface area contributed by atoms with E-state index in [4.69, 9.17) is 0 Å². The van der Waals surface area contributed by atoms with Gasteiger partial charge in [-0.3, -0.25) is 0 Å². The SMILES string of the molecule is CCCC1CC(NCC2CCCC2)CN(c2ccccc2)C1. The lowest BCUT2D eigenvalue weighted by atomic mass is 9.90. The molecule has 2 aliphatic rings. The van der Waals surface area contributed by atoms with Crippen molar-refractivity contribution < 1.29 is 0 Å². The summed E-state index contributed by atoms with van der Waals surface area (Å²) in [7, 11) is 0. The van der Waals surface area contributed by atoms with Crippen LogP contribution in [-0.2, 0) is 0 Å². The number of piperidine rings is 1. The van der Waals surface area contributed by atoms with Gasteiger partial charge >= 0.3 is 0 Å². The summed E-state index contributed by atoms with van der Waals surface area (Å²) in [5.74, 6) is 1.79. The minimum atomic E-state index is 0.672. The van der Waals surface area contributed by atoms with Gasteiger partial charge in [-0.25, -0.2) is 0 Å². The fourth-order valence-corrected chi connectivity index (χ4v) is 4.37. The third kappa shape index (κ3) is 4.25. The van der Waals surface area contributed by atoms with Gasteiger partial charge in [-0.15, -0.1) is 0 Å². The maximum absolute atomic E-state index is 3.91. The molecule has 0 spiro atoms. The van der Waals surface area contributed by atoms with E-state index in [2.05, 4.69) is 47.5 Å². The Morgan fingerprint density at radius 3 is 2.55 bits per heavy atom. The average Bonchev–Trinajstić information content (AvgIpc) is 3.07. The van der Waals surface area contributed by atoms with Gasteiger partial charge in [-0.2, -0.15) is 0 Å². The van der Waals surface area contributed by atoms with Crippen LogP contribution in [0.2, 0.25) is 0 Å². The van der Waals surface area contributed by atoms with Crippen molar-refractivity contribution in [3.63, 3.8) is 0 Å². The van der Waals surface area contributed by atoms with E-state index < -0.39 is 0 Å². The molecule has 2 heteroatoms. The standard InChI is InChI=1S/C20H32N2/c1-2-8-18-13-19(21-14-17-9-6-7-10-17)16-22(15-18)20-11-4-3-5-12-20/h3-5,11-12,17-19,21H,2,6-10,13-16H2,1H3. The number of hydrogen-bond acceptors (Lipinski definition) is 2. The molecule has 3 rings (SSSR count). The summed E-state index contributed by atoms with van der Waals surface area (Å²) >= 11 is 0. The van der Waals surface area contributed by atoms with Crippen LogP contribution in [0.4, 0.5) is 5.69 Å². The fourth-order valence-electron chi connectivity index (χ4n) is 4.37. The van der Waals surface area contributed by atoms with Crippen molar-refractivity contribution in [2.24, 2.45) is 11.8 Å². The predicted molar refractivity (Wildman–Crippen MR) is 95.4 cm³/mol. The fraction of sp³-hybridized carbons (Fsp3) is 0.700. The Kier molecular flexibility index (Phi) is 5.77. The molecular formula is C20H32N2. The van der Waals surface area contributed by atoms with E-state index in [1.807, 2.05) is 0 Å². The van der Waals surface area contributed by atoms with Crippen LogP contribution in [0.3, 0.4) is 0 Å². The molecule has 0 bridgehead atoms. The molecule has 2 nitrogen and oxygen atoms in total. The summed E-state index contributed by atoms with van der Waals surface area (Å²) in [6.45, 7) is 5.98. The molecule has 1 aromatic carbocycles. The molecule has 22 heavy (non-hydrogen) atoms. The smallest absolute Gasteiger partial charge is 0.0366 e. The van der Waals surface area contributed by atoms with Crippen LogP contribution < -0.4 is 10.2 Å². The van der Waals surface area contributed by atoms with Gasteiger partial charge in [0.05, 0.1) is 0 Å². The molecule has 122 valence electrons. The zero-order valence-corrected chi connectivity index (χ0v) is 14.1. The summed E-state index contributed by atoms with van der Waals surface area (Å²) in [4.78, 5) is 2.61. The van der Waals surface area contributed by atoms with Crippen LogP contribution in [0.15, 0.2) is 30.3 Å². The van der Waals surface area contributed by atoms with E-state index >= 15 is 0 Å². The van der Waals surface area contributed by atoms with Crippen LogP contribution in [0, 0.1) is 11.8 Å². The van der Waals surface area contributed by atoms with Crippen LogP contribution in [0.5, 0.6) is 0 Å². The van der Waals surface area contributed by atoms with Crippen molar-refractivity contribution >= 4 is 5.69 Å². The van der Waals surface area contributed by atoms with Crippen molar-refractivity contribution in [3.8, 4) is 0 Å². The van der Waals surface area contributed by atoms with Crippen molar-refractivity contribution in [1.82, 2.24) is 5.32 Å². The van der Waals surface area contributed by atoms with Gasteiger partial charge in [0.1, 0.15) is 0 Å². The Morgan fingerprint density at radius 1 is 1.05 bits per heavy atom. The quantitative estimate of drug-likeness (QED) is 0.834. The van der Waals surface area contributed by atoms with Crippen molar-refractivity contribution in [3.05, 3.63) is 30.3 Å². The first-order valence-corrected chi connectivity index (χ1v) is 9.38. The number of anilines is 1. The lowest BCUT2D eigenvalue weighted by Gasteiger charge is -2.40. The molecule has 1 heterocycles. The first kappa shape index (κ1) is 15.9. The molecule has 0 aromatic heterocycles. The van der Waals surface area contributed by atoms with E-state index in [0.29, 0.717) is 6.04 Å². The molecule has 1 aliphatic carbocycles. The Hall–Kier alpha value is -1.02. The summed E-state index contributed by atoms with van der Waals surface area (Å²) in [6, 6.07) is 11.7. The number of hydrogen-bond donors (Lipinski definition) is 1. The lowest BCUT2D eigenvalue weighted by Crippen LogP contribution is -2.50. The van der Waals surface area contributed by atoms with Gasteiger partial charge in [0.15, 0.2) is 0 Å². The normalized spacial score (nSPS) is 26.5. The maximum Gasteiger partial charge on any atom is 0.0366 e. The van der Waals surface area contributed by atoms with Crippen molar-refractivity contribution in [2.75, 3.05) is 24.5 Å². The Bertz CT molecular complexity index is 425. The molecule has 2 atom stereocenters. The number of nitrogens with zero attached hydrogens (tertiary/aromatic N) is 1. The first-order chi connectivity index (χ1) is 10.8. The molecule has 2 unspecified atom stereocenters. The molecule has 0 amide bonds. The topological polar surface area (TPSA) is 15.3 Å². The highest BCUT2D eigenvalue weighted by molar-refractivity contribution is 5.46. The van der Waals surface area contributed by atoms with Crippen LogP contribution >= 0.6 is 0 Å². The molecular weight excluding hydrogens is 268 g/mol. The zero-order valence-electron chi connectivity index (χ0n) is 14.1. The Morgan fingerprint density at radius 2 is 1.82 bits per heavy atom. The lowest BCUT2D eigenvalue weighted by molar-refractivity contribution is 0.305. The summed E-state index contributed by atoms with van der Waals surface area (Å²) in [5, 5.41) is 3.91. The van der Waals surface area contributed by atoms with Gasteiger partial charge in [0.2, 0.25) is 0 Å². The average molecular weight is 300 g/mol. The molecule has 1 saturated carbocycles. The van der Waals surface area contributed by atoms with Gasteiger partial charge in [0.25, 0.3) is 0 Å². The minimum absolute atomic E-state index is 0.672. The van der Waals surface area contributed by atoms with E-state index in [1.165, 1.54) is 70.3 Å². The molecule has 1 saturated heterocycles. The maximum atomic E-state index is 3.91. The number of nitrogens with one attached hydrogen (secondary N) is 1. The van der Waals surface area contributed by atoms with Gasteiger partial charge in [-0.05, 0) is 56.2 Å². The molecule has 0 radical (unpaired) electrons. The minimum Gasteiger partial charge on any atom is -0.370 e. The van der Waals surface area contributed by atoms with Crippen molar-refractivity contribution in [2.45, 2.75) is 57.9 Å². The highest BCUT2D eigenvalue weighted by Gasteiger charge is 2.27. The summed E-state index contributed by atoms with van der Waals surface area (Å²) in [5.41, 5.74) is 1.40. The first-order valence-electron chi connectivity index (χ1n) is 9.38. The van der Waals surface area contributed by atoms with Gasteiger partial charge in [-0.1, -0.05) is 44.4 Å².